The van der Waals surface area contributed by atoms with Crippen molar-refractivity contribution in [2.75, 3.05) is 18.5 Å². The number of carbonyl (C=O) groups excluding carboxylic acids is 1. The largest absolute Gasteiger partial charge is 0.494 e. The van der Waals surface area contributed by atoms with E-state index in [1.54, 1.807) is 4.90 Å². The van der Waals surface area contributed by atoms with Crippen LogP contribution in [0.5, 0.6) is 5.75 Å². The van der Waals surface area contributed by atoms with Crippen molar-refractivity contribution in [3.8, 4) is 17.1 Å². The van der Waals surface area contributed by atoms with Gasteiger partial charge in [0.15, 0.2) is 0 Å². The molecule has 1 aliphatic rings. The smallest absolute Gasteiger partial charge is 0.322 e. The van der Waals surface area contributed by atoms with E-state index in [0.29, 0.717) is 24.9 Å². The number of aryl methyl sites for hydroxylation is 1. The molecular weight excluding hydrogens is 368 g/mol. The SMILES string of the molecule is CCOc1ccc(NC(=O)N2CCC[C@H]2c2nc(-c3cccc(C)c3)no2)cc1. The monoisotopic (exact) mass is 392 g/mol. The number of nitrogens with zero attached hydrogens (tertiary/aromatic N) is 3. The highest BCUT2D eigenvalue weighted by Gasteiger charge is 2.34. The third-order valence-electron chi connectivity index (χ3n) is 4.93. The van der Waals surface area contributed by atoms with Crippen LogP contribution in [0, 0.1) is 6.92 Å². The minimum absolute atomic E-state index is 0.174. The summed E-state index contributed by atoms with van der Waals surface area (Å²) in [5.41, 5.74) is 2.75. The number of aromatic nitrogens is 2. The molecule has 1 saturated heterocycles. The number of hydrogen-bond donors (Lipinski definition) is 1. The average molecular weight is 392 g/mol. The first-order valence-electron chi connectivity index (χ1n) is 9.85. The van der Waals surface area contributed by atoms with Gasteiger partial charge in [0, 0.05) is 17.8 Å². The molecular formula is C22H24N4O3. The van der Waals surface area contributed by atoms with Crippen molar-refractivity contribution in [3.63, 3.8) is 0 Å². The maximum atomic E-state index is 12.8. The summed E-state index contributed by atoms with van der Waals surface area (Å²) in [6, 6.07) is 14.9. The van der Waals surface area contributed by atoms with Gasteiger partial charge in [-0.05, 0) is 57.0 Å². The van der Waals surface area contributed by atoms with Crippen molar-refractivity contribution in [2.24, 2.45) is 0 Å². The van der Waals surface area contributed by atoms with Gasteiger partial charge in [-0.15, -0.1) is 0 Å². The number of nitrogens with one attached hydrogen (secondary N) is 1. The molecule has 0 unspecified atom stereocenters. The Balaban J connectivity index is 1.47. The van der Waals surface area contributed by atoms with Crippen molar-refractivity contribution in [1.29, 1.82) is 0 Å². The molecule has 29 heavy (non-hydrogen) atoms. The highest BCUT2D eigenvalue weighted by molar-refractivity contribution is 5.89. The zero-order valence-electron chi connectivity index (χ0n) is 16.6. The molecule has 7 nitrogen and oxygen atoms in total. The Morgan fingerprint density at radius 2 is 2.10 bits per heavy atom. The van der Waals surface area contributed by atoms with Gasteiger partial charge in [0.25, 0.3) is 0 Å². The summed E-state index contributed by atoms with van der Waals surface area (Å²) in [5.74, 6) is 1.79. The Kier molecular flexibility index (Phi) is 5.46. The maximum Gasteiger partial charge on any atom is 0.322 e. The number of amides is 2. The Morgan fingerprint density at radius 1 is 1.28 bits per heavy atom. The quantitative estimate of drug-likeness (QED) is 0.674. The summed E-state index contributed by atoms with van der Waals surface area (Å²) in [6.45, 7) is 5.21. The summed E-state index contributed by atoms with van der Waals surface area (Å²) >= 11 is 0. The molecule has 1 fully saturated rings. The molecule has 0 spiro atoms. The van der Waals surface area contributed by atoms with E-state index in [9.17, 15) is 4.79 Å². The van der Waals surface area contributed by atoms with Gasteiger partial charge in [0.1, 0.15) is 11.8 Å². The maximum absolute atomic E-state index is 12.8. The molecule has 2 aromatic carbocycles. The van der Waals surface area contributed by atoms with Crippen molar-refractivity contribution in [1.82, 2.24) is 15.0 Å². The first-order valence-corrected chi connectivity index (χ1v) is 9.85. The first kappa shape index (κ1) is 19.0. The topological polar surface area (TPSA) is 80.5 Å². The van der Waals surface area contributed by atoms with Crippen LogP contribution in [0.1, 0.15) is 37.3 Å². The molecule has 2 amide bonds. The number of likely N-dealkylation sites (tertiary alicyclic amines) is 1. The summed E-state index contributed by atoms with van der Waals surface area (Å²) < 4.78 is 11.0. The van der Waals surface area contributed by atoms with Crippen LogP contribution in [0.3, 0.4) is 0 Å². The van der Waals surface area contributed by atoms with Gasteiger partial charge in [-0.1, -0.05) is 28.9 Å². The number of ether oxygens (including phenoxy) is 1. The summed E-state index contributed by atoms with van der Waals surface area (Å²) in [6.07, 6.45) is 1.69. The summed E-state index contributed by atoms with van der Waals surface area (Å²) in [5, 5.41) is 7.06. The highest BCUT2D eigenvalue weighted by Crippen LogP contribution is 2.32. The second kappa shape index (κ2) is 8.34. The Bertz CT molecular complexity index is 984. The standard InChI is InChI=1S/C22H24N4O3/c1-3-28-18-11-9-17(10-12-18)23-22(27)26-13-5-8-19(26)21-24-20(25-29-21)16-7-4-6-15(2)14-16/h4,6-7,9-12,14,19H,3,5,8,13H2,1-2H3,(H,23,27)/t19-/m0/s1. The summed E-state index contributed by atoms with van der Waals surface area (Å²) in [7, 11) is 0. The average Bonchev–Trinajstić information content (AvgIpc) is 3.39. The first-order chi connectivity index (χ1) is 14.1. The molecule has 1 atom stereocenters. The fraction of sp³-hybridized carbons (Fsp3) is 0.318. The van der Waals surface area contributed by atoms with E-state index >= 15 is 0 Å². The van der Waals surface area contributed by atoms with E-state index in [1.165, 1.54) is 0 Å². The van der Waals surface area contributed by atoms with Crippen LogP contribution in [0.2, 0.25) is 0 Å². The lowest BCUT2D eigenvalue weighted by Crippen LogP contribution is -2.34. The highest BCUT2D eigenvalue weighted by atomic mass is 16.5. The summed E-state index contributed by atoms with van der Waals surface area (Å²) in [4.78, 5) is 19.1. The molecule has 1 N–H and O–H groups in total. The van der Waals surface area contributed by atoms with E-state index in [0.717, 1.165) is 35.4 Å². The van der Waals surface area contributed by atoms with Crippen LogP contribution < -0.4 is 10.1 Å². The second-order valence-electron chi connectivity index (χ2n) is 7.06. The van der Waals surface area contributed by atoms with Crippen molar-refractivity contribution < 1.29 is 14.1 Å². The van der Waals surface area contributed by atoms with E-state index < -0.39 is 0 Å². The fourth-order valence-corrected chi connectivity index (χ4v) is 3.53. The molecule has 1 aromatic heterocycles. The van der Waals surface area contributed by atoms with Crippen molar-refractivity contribution in [3.05, 3.63) is 60.0 Å². The van der Waals surface area contributed by atoms with Gasteiger partial charge in [0.05, 0.1) is 6.61 Å². The van der Waals surface area contributed by atoms with Crippen molar-refractivity contribution in [2.45, 2.75) is 32.7 Å². The van der Waals surface area contributed by atoms with Gasteiger partial charge >= 0.3 is 6.03 Å². The molecule has 150 valence electrons. The molecule has 0 radical (unpaired) electrons. The van der Waals surface area contributed by atoms with Gasteiger partial charge in [-0.3, -0.25) is 0 Å². The predicted octanol–water partition coefficient (Wildman–Crippen LogP) is 4.81. The Hall–Kier alpha value is -3.35. The second-order valence-corrected chi connectivity index (χ2v) is 7.06. The molecule has 0 bridgehead atoms. The number of rotatable bonds is 5. The van der Waals surface area contributed by atoms with Crippen molar-refractivity contribution >= 4 is 11.7 Å². The minimum atomic E-state index is -0.219. The zero-order valence-corrected chi connectivity index (χ0v) is 16.6. The van der Waals surface area contributed by atoms with E-state index in [2.05, 4.69) is 15.5 Å². The van der Waals surface area contributed by atoms with Gasteiger partial charge in [-0.25, -0.2) is 4.79 Å². The number of hydrogen-bond acceptors (Lipinski definition) is 5. The van der Waals surface area contributed by atoms with Crippen LogP contribution >= 0.6 is 0 Å². The van der Waals surface area contributed by atoms with E-state index in [4.69, 9.17) is 9.26 Å². The third kappa shape index (κ3) is 4.23. The normalized spacial score (nSPS) is 16.1. The molecule has 0 aliphatic carbocycles. The van der Waals surface area contributed by atoms with Crippen LogP contribution in [-0.4, -0.2) is 34.2 Å². The lowest BCUT2D eigenvalue weighted by molar-refractivity contribution is 0.193. The Morgan fingerprint density at radius 3 is 2.86 bits per heavy atom. The lowest BCUT2D eigenvalue weighted by atomic mass is 10.1. The molecule has 0 saturated carbocycles. The number of benzene rings is 2. The van der Waals surface area contributed by atoms with E-state index in [-0.39, 0.29) is 12.1 Å². The molecule has 1 aliphatic heterocycles. The van der Waals surface area contributed by atoms with Crippen LogP contribution in [0.25, 0.3) is 11.4 Å². The van der Waals surface area contributed by atoms with Gasteiger partial charge in [0.2, 0.25) is 11.7 Å². The molecule has 3 aromatic rings. The zero-order chi connectivity index (χ0) is 20.2. The lowest BCUT2D eigenvalue weighted by Gasteiger charge is -2.22. The molecule has 2 heterocycles. The number of anilines is 1. The molecule has 7 heteroatoms. The van der Waals surface area contributed by atoms with Crippen LogP contribution in [0.15, 0.2) is 53.1 Å². The van der Waals surface area contributed by atoms with Gasteiger partial charge in [-0.2, -0.15) is 4.98 Å². The minimum Gasteiger partial charge on any atom is -0.494 e. The predicted molar refractivity (Wildman–Crippen MR) is 110 cm³/mol. The molecule has 4 rings (SSSR count). The van der Waals surface area contributed by atoms with E-state index in [1.807, 2.05) is 62.4 Å². The Labute approximate surface area is 169 Å². The van der Waals surface area contributed by atoms with Crippen LogP contribution in [-0.2, 0) is 0 Å². The number of carbonyl (C=O) groups is 1. The number of urea groups is 1. The van der Waals surface area contributed by atoms with Crippen LogP contribution in [0.4, 0.5) is 10.5 Å². The third-order valence-corrected chi connectivity index (χ3v) is 4.93. The van der Waals surface area contributed by atoms with Gasteiger partial charge < -0.3 is 19.5 Å². The fourth-order valence-electron chi connectivity index (χ4n) is 3.53.